The summed E-state index contributed by atoms with van der Waals surface area (Å²) in [7, 11) is 0. The molecule has 2 amide bonds. The van der Waals surface area contributed by atoms with Crippen LogP contribution < -0.4 is 9.64 Å². The van der Waals surface area contributed by atoms with E-state index in [1.807, 2.05) is 0 Å². The Morgan fingerprint density at radius 1 is 0.964 bits per heavy atom. The SMILES string of the molecule is O=C(Cc1ccc(Cl)cc1)Oc1ccccc1N1C(=O)[C@@H]2CCCC[C@H]2C1=O. The Hall–Kier alpha value is -2.66. The van der Waals surface area contributed by atoms with Crippen LogP contribution in [-0.2, 0) is 20.8 Å². The first-order valence-corrected chi connectivity index (χ1v) is 9.84. The second-order valence-corrected chi connectivity index (χ2v) is 7.69. The molecular weight excluding hydrogens is 378 g/mol. The summed E-state index contributed by atoms with van der Waals surface area (Å²) in [4.78, 5) is 39.3. The number of carbonyl (C=O) groups excluding carboxylic acids is 3. The van der Waals surface area contributed by atoms with E-state index < -0.39 is 5.97 Å². The highest BCUT2D eigenvalue weighted by Gasteiger charge is 2.49. The maximum Gasteiger partial charge on any atom is 0.315 e. The summed E-state index contributed by atoms with van der Waals surface area (Å²) >= 11 is 5.87. The molecule has 2 atom stereocenters. The van der Waals surface area contributed by atoms with Gasteiger partial charge in [0.25, 0.3) is 0 Å². The van der Waals surface area contributed by atoms with Gasteiger partial charge in [-0.05, 0) is 42.7 Å². The maximum absolute atomic E-state index is 12.9. The van der Waals surface area contributed by atoms with Crippen LogP contribution in [-0.4, -0.2) is 17.8 Å². The van der Waals surface area contributed by atoms with Crippen molar-refractivity contribution in [2.45, 2.75) is 32.1 Å². The van der Waals surface area contributed by atoms with E-state index in [1.165, 1.54) is 4.90 Å². The van der Waals surface area contributed by atoms with E-state index in [2.05, 4.69) is 0 Å². The normalized spacial score (nSPS) is 21.5. The van der Waals surface area contributed by atoms with E-state index in [9.17, 15) is 14.4 Å². The lowest BCUT2D eigenvalue weighted by Gasteiger charge is -2.19. The minimum atomic E-state index is -0.466. The van der Waals surface area contributed by atoms with Crippen LogP contribution in [0.3, 0.4) is 0 Å². The van der Waals surface area contributed by atoms with Crippen molar-refractivity contribution in [1.82, 2.24) is 0 Å². The van der Waals surface area contributed by atoms with Crippen molar-refractivity contribution >= 4 is 35.1 Å². The van der Waals surface area contributed by atoms with E-state index in [4.69, 9.17) is 16.3 Å². The Labute approximate surface area is 168 Å². The first-order chi connectivity index (χ1) is 13.5. The molecule has 4 rings (SSSR count). The molecule has 28 heavy (non-hydrogen) atoms. The summed E-state index contributed by atoms with van der Waals surface area (Å²) in [6.45, 7) is 0. The van der Waals surface area contributed by atoms with Crippen LogP contribution in [0.25, 0.3) is 0 Å². The van der Waals surface area contributed by atoms with Crippen LogP contribution in [0.1, 0.15) is 31.2 Å². The largest absolute Gasteiger partial charge is 0.424 e. The van der Waals surface area contributed by atoms with Crippen molar-refractivity contribution in [2.75, 3.05) is 4.90 Å². The second-order valence-electron chi connectivity index (χ2n) is 7.25. The third kappa shape index (κ3) is 3.54. The molecule has 0 spiro atoms. The number of halogens is 1. The molecule has 0 aromatic heterocycles. The van der Waals surface area contributed by atoms with Gasteiger partial charge in [-0.25, -0.2) is 4.90 Å². The standard InChI is InChI=1S/C22H20ClNO4/c23-15-11-9-14(10-12-15)13-20(25)28-19-8-4-3-7-18(19)24-21(26)16-5-1-2-6-17(16)22(24)27/h3-4,7-12,16-17H,1-2,5-6,13H2/t16-,17-/m1/s1. The van der Waals surface area contributed by atoms with Gasteiger partial charge in [0, 0.05) is 5.02 Å². The van der Waals surface area contributed by atoms with Crippen molar-refractivity contribution in [2.24, 2.45) is 11.8 Å². The van der Waals surface area contributed by atoms with Gasteiger partial charge in [0.15, 0.2) is 5.75 Å². The Kier molecular flexibility index (Phi) is 5.18. The number of ether oxygens (including phenoxy) is 1. The smallest absolute Gasteiger partial charge is 0.315 e. The molecule has 1 heterocycles. The highest BCUT2D eigenvalue weighted by Crippen LogP contribution is 2.42. The van der Waals surface area contributed by atoms with Gasteiger partial charge in [-0.1, -0.05) is 48.7 Å². The third-order valence-electron chi connectivity index (χ3n) is 5.43. The predicted molar refractivity (Wildman–Crippen MR) is 105 cm³/mol. The average Bonchev–Trinajstić information content (AvgIpc) is 2.95. The van der Waals surface area contributed by atoms with Gasteiger partial charge < -0.3 is 4.74 Å². The first-order valence-electron chi connectivity index (χ1n) is 9.46. The summed E-state index contributed by atoms with van der Waals surface area (Å²) in [5.74, 6) is -1.11. The lowest BCUT2D eigenvalue weighted by molar-refractivity contribution is -0.133. The summed E-state index contributed by atoms with van der Waals surface area (Å²) in [6, 6.07) is 13.6. The number of amides is 2. The van der Waals surface area contributed by atoms with Gasteiger partial charge in [0.05, 0.1) is 23.9 Å². The van der Waals surface area contributed by atoms with Crippen molar-refractivity contribution < 1.29 is 19.1 Å². The molecule has 1 aliphatic carbocycles. The molecular formula is C22H20ClNO4. The lowest BCUT2D eigenvalue weighted by atomic mass is 9.81. The molecule has 2 fully saturated rings. The van der Waals surface area contributed by atoms with Crippen LogP contribution in [0.5, 0.6) is 5.75 Å². The second kappa shape index (κ2) is 7.76. The first kappa shape index (κ1) is 18.7. The number of imide groups is 1. The fourth-order valence-electron chi connectivity index (χ4n) is 4.06. The quantitative estimate of drug-likeness (QED) is 0.441. The number of anilines is 1. The van der Waals surface area contributed by atoms with E-state index in [0.29, 0.717) is 10.7 Å². The number of esters is 1. The van der Waals surface area contributed by atoms with Crippen LogP contribution >= 0.6 is 11.6 Å². The number of para-hydroxylation sites is 2. The highest BCUT2D eigenvalue weighted by atomic mass is 35.5. The number of benzene rings is 2. The minimum absolute atomic E-state index is 0.0681. The van der Waals surface area contributed by atoms with Crippen LogP contribution in [0.2, 0.25) is 5.02 Å². The molecule has 2 aliphatic rings. The molecule has 0 bridgehead atoms. The average molecular weight is 398 g/mol. The number of carbonyl (C=O) groups is 3. The number of fused-ring (bicyclic) bond motifs is 1. The molecule has 2 aromatic carbocycles. The predicted octanol–water partition coefficient (Wildman–Crippen LogP) is 4.17. The van der Waals surface area contributed by atoms with Gasteiger partial charge in [-0.15, -0.1) is 0 Å². The molecule has 6 heteroatoms. The molecule has 0 unspecified atom stereocenters. The van der Waals surface area contributed by atoms with Gasteiger partial charge in [0.2, 0.25) is 11.8 Å². The molecule has 0 radical (unpaired) electrons. The molecule has 144 valence electrons. The number of hydrogen-bond acceptors (Lipinski definition) is 4. The molecule has 1 saturated heterocycles. The minimum Gasteiger partial charge on any atom is -0.424 e. The number of rotatable bonds is 4. The summed E-state index contributed by atoms with van der Waals surface area (Å²) in [5.41, 5.74) is 1.11. The van der Waals surface area contributed by atoms with Gasteiger partial charge >= 0.3 is 5.97 Å². The summed E-state index contributed by atoms with van der Waals surface area (Å²) in [5, 5.41) is 0.593. The van der Waals surface area contributed by atoms with Crippen molar-refractivity contribution in [3.05, 3.63) is 59.1 Å². The zero-order valence-electron chi connectivity index (χ0n) is 15.3. The number of hydrogen-bond donors (Lipinski definition) is 0. The van der Waals surface area contributed by atoms with Crippen LogP contribution in [0.15, 0.2) is 48.5 Å². The third-order valence-corrected chi connectivity index (χ3v) is 5.68. The molecule has 1 saturated carbocycles. The van der Waals surface area contributed by atoms with Crippen molar-refractivity contribution in [3.63, 3.8) is 0 Å². The molecule has 2 aromatic rings. The lowest BCUT2D eigenvalue weighted by Crippen LogP contribution is -2.31. The highest BCUT2D eigenvalue weighted by molar-refractivity contribution is 6.30. The zero-order valence-corrected chi connectivity index (χ0v) is 16.0. The Morgan fingerprint density at radius 2 is 1.57 bits per heavy atom. The van der Waals surface area contributed by atoms with E-state index >= 15 is 0 Å². The maximum atomic E-state index is 12.9. The van der Waals surface area contributed by atoms with E-state index in [0.717, 1.165) is 31.2 Å². The summed E-state index contributed by atoms with van der Waals surface area (Å²) < 4.78 is 5.52. The van der Waals surface area contributed by atoms with E-state index in [-0.39, 0.29) is 35.8 Å². The van der Waals surface area contributed by atoms with Crippen molar-refractivity contribution in [3.8, 4) is 5.75 Å². The van der Waals surface area contributed by atoms with Gasteiger partial charge in [-0.3, -0.25) is 14.4 Å². The zero-order chi connectivity index (χ0) is 19.7. The Bertz CT molecular complexity index is 900. The monoisotopic (exact) mass is 397 g/mol. The Morgan fingerprint density at radius 3 is 2.21 bits per heavy atom. The van der Waals surface area contributed by atoms with E-state index in [1.54, 1.807) is 48.5 Å². The van der Waals surface area contributed by atoms with Gasteiger partial charge in [0.1, 0.15) is 0 Å². The fourth-order valence-corrected chi connectivity index (χ4v) is 4.18. The fraction of sp³-hybridized carbons (Fsp3) is 0.318. The number of nitrogens with zero attached hydrogens (tertiary/aromatic N) is 1. The molecule has 5 nitrogen and oxygen atoms in total. The van der Waals surface area contributed by atoms with Crippen molar-refractivity contribution in [1.29, 1.82) is 0 Å². The van der Waals surface area contributed by atoms with Crippen LogP contribution in [0, 0.1) is 11.8 Å². The Balaban J connectivity index is 1.55. The van der Waals surface area contributed by atoms with Crippen LogP contribution in [0.4, 0.5) is 5.69 Å². The molecule has 1 aliphatic heterocycles. The molecule has 0 N–H and O–H groups in total. The van der Waals surface area contributed by atoms with Gasteiger partial charge in [-0.2, -0.15) is 0 Å². The summed E-state index contributed by atoms with van der Waals surface area (Å²) in [6.07, 6.45) is 3.48. The topological polar surface area (TPSA) is 63.7 Å².